The molecule has 2 amide bonds. The highest BCUT2D eigenvalue weighted by atomic mass is 35.5. The Kier molecular flexibility index (Phi) is 6.50. The van der Waals surface area contributed by atoms with Crippen molar-refractivity contribution in [3.05, 3.63) is 28.2 Å². The summed E-state index contributed by atoms with van der Waals surface area (Å²) in [6.07, 6.45) is 0. The van der Waals surface area contributed by atoms with E-state index in [0.29, 0.717) is 15.8 Å². The first kappa shape index (κ1) is 16.5. The maximum atomic E-state index is 11.4. The molecule has 20 heavy (non-hydrogen) atoms. The van der Waals surface area contributed by atoms with Crippen molar-refractivity contribution in [3.8, 4) is 5.75 Å². The number of hydrogen-bond acceptors (Lipinski definition) is 4. The van der Waals surface area contributed by atoms with Gasteiger partial charge >= 0.3 is 0 Å². The van der Waals surface area contributed by atoms with Gasteiger partial charge in [-0.05, 0) is 30.4 Å². The van der Waals surface area contributed by atoms with Crippen LogP contribution in [0.15, 0.2) is 18.2 Å². The van der Waals surface area contributed by atoms with Gasteiger partial charge < -0.3 is 10.1 Å². The standard InChI is InChI=1S/C11H11Cl2N3O3S/c1-6(17)14-11(20)16-15-10(18)5-19-9-3-2-7(12)4-8(9)13/h2-4H,5H2,1H3,(H,15,18)(H2,14,16,17,20). The van der Waals surface area contributed by atoms with Gasteiger partial charge in [-0.1, -0.05) is 23.2 Å². The third kappa shape index (κ3) is 6.05. The molecule has 0 saturated carbocycles. The van der Waals surface area contributed by atoms with Crippen molar-refractivity contribution in [3.63, 3.8) is 0 Å². The minimum Gasteiger partial charge on any atom is -0.482 e. The number of halogens is 2. The minimum absolute atomic E-state index is 0.0182. The molecule has 0 bridgehead atoms. The second-order valence-corrected chi connectivity index (χ2v) is 4.80. The van der Waals surface area contributed by atoms with Gasteiger partial charge in [-0.2, -0.15) is 0 Å². The molecule has 0 unspecified atom stereocenters. The second kappa shape index (κ2) is 7.88. The van der Waals surface area contributed by atoms with Crippen LogP contribution in [-0.4, -0.2) is 23.5 Å². The van der Waals surface area contributed by atoms with Crippen molar-refractivity contribution in [2.24, 2.45) is 0 Å². The summed E-state index contributed by atoms with van der Waals surface area (Å²) in [6.45, 7) is 1.01. The molecule has 0 aromatic heterocycles. The Bertz CT molecular complexity index is 540. The lowest BCUT2D eigenvalue weighted by atomic mass is 10.3. The maximum Gasteiger partial charge on any atom is 0.276 e. The highest BCUT2D eigenvalue weighted by Gasteiger charge is 2.07. The molecular formula is C11H11Cl2N3O3S. The van der Waals surface area contributed by atoms with Crippen molar-refractivity contribution in [1.82, 2.24) is 16.2 Å². The number of rotatable bonds is 3. The lowest BCUT2D eigenvalue weighted by Crippen LogP contribution is -2.49. The smallest absolute Gasteiger partial charge is 0.276 e. The van der Waals surface area contributed by atoms with E-state index in [1.165, 1.54) is 13.0 Å². The summed E-state index contributed by atoms with van der Waals surface area (Å²) >= 11 is 16.3. The Morgan fingerprint density at radius 3 is 2.60 bits per heavy atom. The topological polar surface area (TPSA) is 79.5 Å². The number of benzene rings is 1. The van der Waals surface area contributed by atoms with Crippen LogP contribution < -0.4 is 20.9 Å². The van der Waals surface area contributed by atoms with E-state index < -0.39 is 5.91 Å². The number of amides is 2. The molecule has 6 nitrogen and oxygen atoms in total. The van der Waals surface area contributed by atoms with E-state index in [0.717, 1.165) is 0 Å². The summed E-state index contributed by atoms with van der Waals surface area (Å²) in [7, 11) is 0. The fourth-order valence-corrected chi connectivity index (χ4v) is 1.75. The van der Waals surface area contributed by atoms with Gasteiger partial charge in [0.1, 0.15) is 5.75 Å². The van der Waals surface area contributed by atoms with Crippen molar-refractivity contribution in [2.75, 3.05) is 6.61 Å². The van der Waals surface area contributed by atoms with Gasteiger partial charge in [-0.25, -0.2) is 0 Å². The molecule has 0 spiro atoms. The van der Waals surface area contributed by atoms with E-state index in [9.17, 15) is 9.59 Å². The van der Waals surface area contributed by atoms with E-state index in [4.69, 9.17) is 40.2 Å². The summed E-state index contributed by atoms with van der Waals surface area (Å²) in [6, 6.07) is 4.64. The summed E-state index contributed by atoms with van der Waals surface area (Å²) in [5.41, 5.74) is 4.59. The Hall–Kier alpha value is -1.57. The molecule has 0 aliphatic heterocycles. The fourth-order valence-electron chi connectivity index (χ4n) is 1.09. The van der Waals surface area contributed by atoms with E-state index in [1.54, 1.807) is 12.1 Å². The van der Waals surface area contributed by atoms with Crippen LogP contribution in [0, 0.1) is 0 Å². The normalized spacial score (nSPS) is 9.55. The lowest BCUT2D eigenvalue weighted by molar-refractivity contribution is -0.124. The van der Waals surface area contributed by atoms with Gasteiger partial charge in [0.05, 0.1) is 5.02 Å². The van der Waals surface area contributed by atoms with Gasteiger partial charge in [0, 0.05) is 11.9 Å². The molecular weight excluding hydrogens is 325 g/mol. The molecule has 3 N–H and O–H groups in total. The third-order valence-corrected chi connectivity index (χ3v) is 2.59. The highest BCUT2D eigenvalue weighted by molar-refractivity contribution is 7.80. The van der Waals surface area contributed by atoms with Crippen LogP contribution in [0.25, 0.3) is 0 Å². The predicted molar refractivity (Wildman–Crippen MR) is 79.7 cm³/mol. The summed E-state index contributed by atoms with van der Waals surface area (Å²) in [5, 5.41) is 3.02. The van der Waals surface area contributed by atoms with E-state index in [2.05, 4.69) is 16.2 Å². The first-order chi connectivity index (χ1) is 9.38. The predicted octanol–water partition coefficient (Wildman–Crippen LogP) is 1.41. The van der Waals surface area contributed by atoms with Crippen LogP contribution in [0.4, 0.5) is 0 Å². The lowest BCUT2D eigenvalue weighted by Gasteiger charge is -2.11. The van der Waals surface area contributed by atoms with E-state index in [1.807, 2.05) is 0 Å². The molecule has 1 aromatic carbocycles. The molecule has 0 aliphatic rings. The monoisotopic (exact) mass is 335 g/mol. The molecule has 0 heterocycles. The van der Waals surface area contributed by atoms with Crippen molar-refractivity contribution < 1.29 is 14.3 Å². The van der Waals surface area contributed by atoms with Crippen LogP contribution >= 0.6 is 35.4 Å². The zero-order chi connectivity index (χ0) is 15.1. The number of nitrogens with one attached hydrogen (secondary N) is 3. The highest BCUT2D eigenvalue weighted by Crippen LogP contribution is 2.27. The van der Waals surface area contributed by atoms with Crippen LogP contribution in [0.2, 0.25) is 10.0 Å². The summed E-state index contributed by atoms with van der Waals surface area (Å²) in [5.74, 6) is -0.514. The molecule has 9 heteroatoms. The Morgan fingerprint density at radius 2 is 2.00 bits per heavy atom. The van der Waals surface area contributed by atoms with Crippen LogP contribution in [0.1, 0.15) is 6.92 Å². The minimum atomic E-state index is -0.497. The third-order valence-electron chi connectivity index (χ3n) is 1.86. The zero-order valence-electron chi connectivity index (χ0n) is 10.3. The Morgan fingerprint density at radius 1 is 1.30 bits per heavy atom. The van der Waals surface area contributed by atoms with Crippen LogP contribution in [0.5, 0.6) is 5.75 Å². The first-order valence-corrected chi connectivity index (χ1v) is 6.49. The van der Waals surface area contributed by atoms with Gasteiger partial charge in [0.2, 0.25) is 5.91 Å². The number of ether oxygens (including phenoxy) is 1. The van der Waals surface area contributed by atoms with Gasteiger partial charge in [0.25, 0.3) is 5.91 Å². The fraction of sp³-hybridized carbons (Fsp3) is 0.182. The number of carbonyl (C=O) groups excluding carboxylic acids is 2. The largest absolute Gasteiger partial charge is 0.482 e. The molecule has 1 aromatic rings. The first-order valence-electron chi connectivity index (χ1n) is 5.32. The number of hydrazine groups is 1. The number of carbonyl (C=O) groups is 2. The molecule has 0 atom stereocenters. The van der Waals surface area contributed by atoms with Crippen LogP contribution in [0.3, 0.4) is 0 Å². The molecule has 0 saturated heterocycles. The van der Waals surface area contributed by atoms with Crippen molar-refractivity contribution in [1.29, 1.82) is 0 Å². The second-order valence-electron chi connectivity index (χ2n) is 3.55. The number of thiocarbonyl (C=S) groups is 1. The number of hydrogen-bond donors (Lipinski definition) is 3. The molecule has 0 aliphatic carbocycles. The molecule has 1 rings (SSSR count). The maximum absolute atomic E-state index is 11.4. The average molecular weight is 336 g/mol. The van der Waals surface area contributed by atoms with Gasteiger partial charge in [-0.3, -0.25) is 20.4 Å². The average Bonchev–Trinajstić information content (AvgIpc) is 2.34. The van der Waals surface area contributed by atoms with E-state index >= 15 is 0 Å². The zero-order valence-corrected chi connectivity index (χ0v) is 12.7. The van der Waals surface area contributed by atoms with Crippen LogP contribution in [-0.2, 0) is 9.59 Å². The summed E-state index contributed by atoms with van der Waals surface area (Å²) in [4.78, 5) is 22.1. The van der Waals surface area contributed by atoms with Gasteiger partial charge in [0.15, 0.2) is 11.7 Å². The van der Waals surface area contributed by atoms with Crippen molar-refractivity contribution >= 4 is 52.3 Å². The SMILES string of the molecule is CC(=O)NC(=S)NNC(=O)COc1ccc(Cl)cc1Cl. The molecule has 0 fully saturated rings. The molecule has 108 valence electrons. The van der Waals surface area contributed by atoms with Gasteiger partial charge in [-0.15, -0.1) is 0 Å². The summed E-state index contributed by atoms with van der Waals surface area (Å²) < 4.78 is 5.19. The Labute approximate surface area is 130 Å². The van der Waals surface area contributed by atoms with E-state index in [-0.39, 0.29) is 17.6 Å². The quantitative estimate of drug-likeness (QED) is 0.575. The molecule has 0 radical (unpaired) electrons. The Balaban J connectivity index is 2.36. The van der Waals surface area contributed by atoms with Crippen molar-refractivity contribution in [2.45, 2.75) is 6.92 Å².